The van der Waals surface area contributed by atoms with E-state index in [-0.39, 0.29) is 17.6 Å². The van der Waals surface area contributed by atoms with Crippen molar-refractivity contribution in [1.29, 1.82) is 0 Å². The number of nitrogens with zero attached hydrogens (tertiary/aromatic N) is 4. The van der Waals surface area contributed by atoms with Gasteiger partial charge in [-0.2, -0.15) is 4.98 Å². The van der Waals surface area contributed by atoms with Gasteiger partial charge in [0.25, 0.3) is 0 Å². The molecular weight excluding hydrogens is 402 g/mol. The molecule has 1 aromatic carbocycles. The van der Waals surface area contributed by atoms with Gasteiger partial charge in [0.2, 0.25) is 11.8 Å². The van der Waals surface area contributed by atoms with Crippen LogP contribution in [0.1, 0.15) is 44.5 Å². The third kappa shape index (κ3) is 4.84. The predicted molar refractivity (Wildman–Crippen MR) is 116 cm³/mol. The summed E-state index contributed by atoms with van der Waals surface area (Å²) >= 11 is 0. The van der Waals surface area contributed by atoms with E-state index in [0.717, 1.165) is 16.7 Å². The van der Waals surface area contributed by atoms with Crippen LogP contribution in [-0.4, -0.2) is 40.5 Å². The second kappa shape index (κ2) is 8.51. The fourth-order valence-corrected chi connectivity index (χ4v) is 3.94. The first-order valence-corrected chi connectivity index (χ1v) is 11.8. The fraction of sp³-hybridized carbons (Fsp3) is 0.429. The van der Waals surface area contributed by atoms with Gasteiger partial charge < -0.3 is 10.3 Å². The molecule has 0 amide bonds. The van der Waals surface area contributed by atoms with Crippen LogP contribution in [0.2, 0.25) is 0 Å². The van der Waals surface area contributed by atoms with Crippen molar-refractivity contribution in [2.24, 2.45) is 5.92 Å². The van der Waals surface area contributed by atoms with Crippen LogP contribution >= 0.6 is 0 Å². The number of sulfone groups is 1. The number of hydrogen-bond donors (Lipinski definition) is 1. The highest BCUT2D eigenvalue weighted by Gasteiger charge is 2.37. The van der Waals surface area contributed by atoms with Crippen molar-refractivity contribution in [1.82, 2.24) is 20.1 Å². The standard InChI is InChI=1S/C21H27N5O3S/c1-14(2)21(3,19-25-18(29-26-19)6-5-11-30(4,27)28)17-9-7-15(8-10-17)16-12-23-20(22)24-13-16/h7-10,12-14H,5-6,11H2,1-4H3,(H2,22,23,24). The van der Waals surface area contributed by atoms with Gasteiger partial charge in [0.1, 0.15) is 9.84 Å². The molecule has 9 heteroatoms. The highest BCUT2D eigenvalue weighted by atomic mass is 32.2. The molecular formula is C21H27N5O3S. The first kappa shape index (κ1) is 21.9. The van der Waals surface area contributed by atoms with Crippen LogP contribution in [0.4, 0.5) is 5.95 Å². The van der Waals surface area contributed by atoms with Gasteiger partial charge in [0.15, 0.2) is 5.82 Å². The monoisotopic (exact) mass is 429 g/mol. The largest absolute Gasteiger partial charge is 0.368 e. The molecule has 2 heterocycles. The first-order valence-electron chi connectivity index (χ1n) is 9.79. The van der Waals surface area contributed by atoms with E-state index in [9.17, 15) is 8.42 Å². The Hall–Kier alpha value is -2.81. The third-order valence-electron chi connectivity index (χ3n) is 5.48. The SMILES string of the molecule is CC(C)C(C)(c1ccc(-c2cnc(N)nc2)cc1)c1noc(CCCS(C)(=O)=O)n1. The minimum Gasteiger partial charge on any atom is -0.368 e. The molecule has 1 atom stereocenters. The molecule has 2 aromatic heterocycles. The summed E-state index contributed by atoms with van der Waals surface area (Å²) in [6, 6.07) is 8.12. The molecule has 3 rings (SSSR count). The minimum absolute atomic E-state index is 0.0997. The van der Waals surface area contributed by atoms with Crippen molar-refractivity contribution in [3.8, 4) is 11.1 Å². The Kier molecular flexibility index (Phi) is 6.21. The highest BCUT2D eigenvalue weighted by molar-refractivity contribution is 7.90. The van der Waals surface area contributed by atoms with Gasteiger partial charge in [-0.1, -0.05) is 43.3 Å². The van der Waals surface area contributed by atoms with E-state index >= 15 is 0 Å². The third-order valence-corrected chi connectivity index (χ3v) is 6.51. The lowest BCUT2D eigenvalue weighted by Crippen LogP contribution is -2.31. The number of hydrogen-bond acceptors (Lipinski definition) is 8. The van der Waals surface area contributed by atoms with Gasteiger partial charge in [-0.15, -0.1) is 0 Å². The van der Waals surface area contributed by atoms with Gasteiger partial charge in [0, 0.05) is 30.6 Å². The summed E-state index contributed by atoms with van der Waals surface area (Å²) in [5, 5.41) is 4.22. The van der Waals surface area contributed by atoms with Crippen LogP contribution in [0, 0.1) is 5.92 Å². The van der Waals surface area contributed by atoms with Crippen LogP contribution in [-0.2, 0) is 21.7 Å². The maximum absolute atomic E-state index is 11.3. The normalized spacial score (nSPS) is 14.0. The van der Waals surface area contributed by atoms with E-state index < -0.39 is 15.3 Å². The molecule has 0 radical (unpaired) electrons. The zero-order valence-corrected chi connectivity index (χ0v) is 18.5. The predicted octanol–water partition coefficient (Wildman–Crippen LogP) is 3.05. The molecule has 0 saturated carbocycles. The molecule has 1 unspecified atom stereocenters. The van der Waals surface area contributed by atoms with Crippen molar-refractivity contribution in [3.63, 3.8) is 0 Å². The second-order valence-corrected chi connectivity index (χ2v) is 10.3. The van der Waals surface area contributed by atoms with E-state index in [2.05, 4.69) is 40.9 Å². The lowest BCUT2D eigenvalue weighted by atomic mass is 9.72. The Bertz CT molecular complexity index is 1090. The maximum atomic E-state index is 11.3. The summed E-state index contributed by atoms with van der Waals surface area (Å²) in [6.07, 6.45) is 5.51. The number of rotatable bonds is 8. The van der Waals surface area contributed by atoms with Gasteiger partial charge >= 0.3 is 0 Å². The molecule has 0 fully saturated rings. The van der Waals surface area contributed by atoms with Crippen LogP contribution in [0.25, 0.3) is 11.1 Å². The topological polar surface area (TPSA) is 125 Å². The summed E-state index contributed by atoms with van der Waals surface area (Å²) in [4.78, 5) is 12.7. The van der Waals surface area contributed by atoms with Crippen LogP contribution in [0.3, 0.4) is 0 Å². The molecule has 0 aliphatic carbocycles. The number of aryl methyl sites for hydroxylation is 1. The molecule has 0 saturated heterocycles. The molecule has 8 nitrogen and oxygen atoms in total. The van der Waals surface area contributed by atoms with Crippen LogP contribution < -0.4 is 5.73 Å². The highest BCUT2D eigenvalue weighted by Crippen LogP contribution is 2.38. The van der Waals surface area contributed by atoms with Crippen molar-refractivity contribution in [2.45, 2.75) is 39.0 Å². The van der Waals surface area contributed by atoms with Crippen LogP contribution in [0.5, 0.6) is 0 Å². The molecule has 160 valence electrons. The molecule has 3 aromatic rings. The van der Waals surface area contributed by atoms with E-state index in [1.807, 2.05) is 24.3 Å². The average Bonchev–Trinajstić information content (AvgIpc) is 3.16. The quantitative estimate of drug-likeness (QED) is 0.579. The summed E-state index contributed by atoms with van der Waals surface area (Å²) < 4.78 is 28.1. The van der Waals surface area contributed by atoms with Crippen molar-refractivity contribution >= 4 is 15.8 Å². The Labute approximate surface area is 176 Å². The first-order chi connectivity index (χ1) is 14.1. The Morgan fingerprint density at radius 3 is 2.30 bits per heavy atom. The number of benzene rings is 1. The zero-order valence-electron chi connectivity index (χ0n) is 17.7. The summed E-state index contributed by atoms with van der Waals surface area (Å²) in [7, 11) is -3.01. The van der Waals surface area contributed by atoms with Gasteiger partial charge in [-0.05, 0) is 30.4 Å². The molecule has 0 aliphatic heterocycles. The average molecular weight is 430 g/mol. The van der Waals surface area contributed by atoms with Crippen molar-refractivity contribution in [2.75, 3.05) is 17.7 Å². The minimum atomic E-state index is -3.01. The number of nitrogens with two attached hydrogens (primary N) is 1. The second-order valence-electron chi connectivity index (χ2n) is 8.01. The lowest BCUT2D eigenvalue weighted by molar-refractivity contribution is 0.336. The van der Waals surface area contributed by atoms with E-state index in [1.165, 1.54) is 6.26 Å². The smallest absolute Gasteiger partial charge is 0.226 e. The number of nitrogen functional groups attached to an aromatic ring is 1. The van der Waals surface area contributed by atoms with Gasteiger partial charge in [-0.3, -0.25) is 0 Å². The molecule has 30 heavy (non-hydrogen) atoms. The maximum Gasteiger partial charge on any atom is 0.226 e. The summed E-state index contributed by atoms with van der Waals surface area (Å²) in [5.41, 5.74) is 8.02. The van der Waals surface area contributed by atoms with E-state index in [0.29, 0.717) is 24.6 Å². The Morgan fingerprint density at radius 1 is 1.10 bits per heavy atom. The summed E-state index contributed by atoms with van der Waals surface area (Å²) in [5.74, 6) is 1.59. The lowest BCUT2D eigenvalue weighted by Gasteiger charge is -2.31. The molecule has 2 N–H and O–H groups in total. The number of aromatic nitrogens is 4. The molecule has 0 aliphatic rings. The summed E-state index contributed by atoms with van der Waals surface area (Å²) in [6.45, 7) is 6.31. The van der Waals surface area contributed by atoms with Gasteiger partial charge in [0.05, 0.1) is 11.2 Å². The Balaban J connectivity index is 1.84. The van der Waals surface area contributed by atoms with E-state index in [4.69, 9.17) is 10.3 Å². The zero-order chi connectivity index (χ0) is 21.9. The van der Waals surface area contributed by atoms with Crippen molar-refractivity contribution < 1.29 is 12.9 Å². The Morgan fingerprint density at radius 2 is 1.73 bits per heavy atom. The van der Waals surface area contributed by atoms with Crippen molar-refractivity contribution in [3.05, 3.63) is 53.9 Å². The fourth-order valence-electron chi connectivity index (χ4n) is 3.27. The van der Waals surface area contributed by atoms with Crippen LogP contribution in [0.15, 0.2) is 41.2 Å². The van der Waals surface area contributed by atoms with Gasteiger partial charge in [-0.25, -0.2) is 18.4 Å². The molecule has 0 bridgehead atoms. The van der Waals surface area contributed by atoms with E-state index in [1.54, 1.807) is 12.4 Å². The number of anilines is 1. The molecule has 0 spiro atoms.